The largest absolute Gasteiger partial charge is 0.396 e. The van der Waals surface area contributed by atoms with Crippen LogP contribution in [0.3, 0.4) is 0 Å². The SMILES string of the molecule is CCOCCN1Cc2cc3c(CC(C)CO)cn(C)c3cc2C1. The first-order valence-corrected chi connectivity index (χ1v) is 8.63. The Kier molecular flexibility index (Phi) is 5.05. The van der Waals surface area contributed by atoms with Crippen LogP contribution in [0.2, 0.25) is 0 Å². The lowest BCUT2D eigenvalue weighted by Crippen LogP contribution is -2.21. The van der Waals surface area contributed by atoms with Gasteiger partial charge in [-0.15, -0.1) is 0 Å². The number of rotatable bonds is 7. The molecule has 1 unspecified atom stereocenters. The standard InChI is InChI=1S/C19H28N2O2/c1-4-23-6-5-21-11-15-8-18-17(7-14(2)13-22)10-20(3)19(18)9-16(15)12-21/h8-10,14,22H,4-7,11-13H2,1-3H3. The summed E-state index contributed by atoms with van der Waals surface area (Å²) in [5, 5.41) is 10.7. The quantitative estimate of drug-likeness (QED) is 0.798. The molecule has 0 radical (unpaired) electrons. The van der Waals surface area contributed by atoms with Gasteiger partial charge >= 0.3 is 0 Å². The molecule has 3 rings (SSSR count). The highest BCUT2D eigenvalue weighted by molar-refractivity contribution is 5.85. The fourth-order valence-electron chi connectivity index (χ4n) is 3.53. The molecule has 1 aliphatic rings. The summed E-state index contributed by atoms with van der Waals surface area (Å²) >= 11 is 0. The molecule has 4 heteroatoms. The van der Waals surface area contributed by atoms with Gasteiger partial charge < -0.3 is 14.4 Å². The van der Waals surface area contributed by atoms with E-state index in [-0.39, 0.29) is 6.61 Å². The van der Waals surface area contributed by atoms with Crippen LogP contribution in [0.15, 0.2) is 18.3 Å². The lowest BCUT2D eigenvalue weighted by molar-refractivity contribution is 0.113. The maximum absolute atomic E-state index is 9.34. The molecule has 4 nitrogen and oxygen atoms in total. The molecule has 1 aliphatic heterocycles. The first-order valence-electron chi connectivity index (χ1n) is 8.63. The lowest BCUT2D eigenvalue weighted by Gasteiger charge is -2.13. The van der Waals surface area contributed by atoms with E-state index >= 15 is 0 Å². The van der Waals surface area contributed by atoms with Gasteiger partial charge in [-0.3, -0.25) is 4.90 Å². The van der Waals surface area contributed by atoms with Crippen molar-refractivity contribution in [1.82, 2.24) is 9.47 Å². The molecule has 0 aliphatic carbocycles. The zero-order valence-corrected chi connectivity index (χ0v) is 14.5. The summed E-state index contributed by atoms with van der Waals surface area (Å²) < 4.78 is 7.70. The normalized spacial score (nSPS) is 16.2. The Labute approximate surface area is 138 Å². The molecule has 0 spiro atoms. The van der Waals surface area contributed by atoms with Crippen LogP contribution >= 0.6 is 0 Å². The van der Waals surface area contributed by atoms with Gasteiger partial charge in [0.25, 0.3) is 0 Å². The molecule has 1 N–H and O–H groups in total. The molecule has 2 aromatic rings. The summed E-state index contributed by atoms with van der Waals surface area (Å²) in [4.78, 5) is 2.45. The minimum absolute atomic E-state index is 0.243. The van der Waals surface area contributed by atoms with Crippen molar-refractivity contribution in [3.05, 3.63) is 35.0 Å². The van der Waals surface area contributed by atoms with Gasteiger partial charge in [0.2, 0.25) is 0 Å². The van der Waals surface area contributed by atoms with E-state index in [9.17, 15) is 5.11 Å². The van der Waals surface area contributed by atoms with Crippen LogP contribution in [-0.4, -0.2) is 40.9 Å². The Morgan fingerprint density at radius 3 is 2.70 bits per heavy atom. The number of hydrogen-bond donors (Lipinski definition) is 1. The molecular weight excluding hydrogens is 288 g/mol. The number of hydrogen-bond acceptors (Lipinski definition) is 3. The topological polar surface area (TPSA) is 37.6 Å². The molecule has 0 saturated carbocycles. The number of aryl methyl sites for hydroxylation is 1. The number of aliphatic hydroxyl groups is 1. The number of aliphatic hydroxyl groups excluding tert-OH is 1. The van der Waals surface area contributed by atoms with Gasteiger partial charge in [0.05, 0.1) is 6.61 Å². The van der Waals surface area contributed by atoms with E-state index in [2.05, 4.69) is 41.8 Å². The zero-order chi connectivity index (χ0) is 16.4. The van der Waals surface area contributed by atoms with Crippen molar-refractivity contribution >= 4 is 10.9 Å². The summed E-state index contributed by atoms with van der Waals surface area (Å²) in [6, 6.07) is 4.71. The van der Waals surface area contributed by atoms with Gasteiger partial charge in [-0.1, -0.05) is 6.92 Å². The highest BCUT2D eigenvalue weighted by Gasteiger charge is 2.21. The van der Waals surface area contributed by atoms with Gasteiger partial charge in [0, 0.05) is 57.0 Å². The second-order valence-corrected chi connectivity index (χ2v) is 6.80. The Hall–Kier alpha value is -1.36. The molecule has 0 fully saturated rings. The summed E-state index contributed by atoms with van der Waals surface area (Å²) in [6.45, 7) is 9.01. The number of benzene rings is 1. The Morgan fingerprint density at radius 1 is 1.26 bits per heavy atom. The smallest absolute Gasteiger partial charge is 0.0593 e. The third-order valence-electron chi connectivity index (χ3n) is 4.82. The van der Waals surface area contributed by atoms with Crippen LogP contribution in [0.1, 0.15) is 30.5 Å². The van der Waals surface area contributed by atoms with E-state index in [0.29, 0.717) is 5.92 Å². The molecule has 0 bridgehead atoms. The van der Waals surface area contributed by atoms with Crippen LogP contribution in [0, 0.1) is 5.92 Å². The highest BCUT2D eigenvalue weighted by Crippen LogP contribution is 2.31. The fraction of sp³-hybridized carbons (Fsp3) is 0.579. The van der Waals surface area contributed by atoms with E-state index in [1.54, 1.807) is 0 Å². The van der Waals surface area contributed by atoms with Crippen molar-refractivity contribution < 1.29 is 9.84 Å². The number of fused-ring (bicyclic) bond motifs is 2. The third-order valence-corrected chi connectivity index (χ3v) is 4.82. The molecule has 1 atom stereocenters. The minimum Gasteiger partial charge on any atom is -0.396 e. The van der Waals surface area contributed by atoms with Crippen LogP contribution in [0.4, 0.5) is 0 Å². The van der Waals surface area contributed by atoms with Crippen LogP contribution in [0.5, 0.6) is 0 Å². The summed E-state index contributed by atoms with van der Waals surface area (Å²) in [7, 11) is 2.11. The van der Waals surface area contributed by atoms with Gasteiger partial charge in [-0.2, -0.15) is 0 Å². The van der Waals surface area contributed by atoms with Crippen molar-refractivity contribution in [2.75, 3.05) is 26.4 Å². The Bertz CT molecular complexity index is 678. The Balaban J connectivity index is 1.83. The first kappa shape index (κ1) is 16.5. The van der Waals surface area contributed by atoms with Crippen LogP contribution in [0.25, 0.3) is 10.9 Å². The molecule has 23 heavy (non-hydrogen) atoms. The fourth-order valence-corrected chi connectivity index (χ4v) is 3.53. The molecule has 1 aromatic carbocycles. The predicted molar refractivity (Wildman–Crippen MR) is 93.5 cm³/mol. The minimum atomic E-state index is 0.243. The molecule has 0 saturated heterocycles. The number of ether oxygens (including phenoxy) is 1. The van der Waals surface area contributed by atoms with E-state index in [1.165, 1.54) is 27.6 Å². The van der Waals surface area contributed by atoms with Crippen molar-refractivity contribution in [3.8, 4) is 0 Å². The van der Waals surface area contributed by atoms with E-state index < -0.39 is 0 Å². The summed E-state index contributed by atoms with van der Waals surface area (Å²) in [5.74, 6) is 0.302. The van der Waals surface area contributed by atoms with E-state index in [4.69, 9.17) is 4.74 Å². The Morgan fingerprint density at radius 2 is 2.00 bits per heavy atom. The first-order chi connectivity index (χ1) is 11.1. The van der Waals surface area contributed by atoms with Crippen molar-refractivity contribution in [1.29, 1.82) is 0 Å². The molecule has 2 heterocycles. The van der Waals surface area contributed by atoms with Crippen LogP contribution < -0.4 is 0 Å². The van der Waals surface area contributed by atoms with Crippen molar-refractivity contribution in [3.63, 3.8) is 0 Å². The molecule has 1 aromatic heterocycles. The van der Waals surface area contributed by atoms with Crippen molar-refractivity contribution in [2.24, 2.45) is 13.0 Å². The average molecular weight is 316 g/mol. The van der Waals surface area contributed by atoms with E-state index in [1.807, 2.05) is 6.92 Å². The van der Waals surface area contributed by atoms with Gasteiger partial charge in [0.1, 0.15) is 0 Å². The number of aromatic nitrogens is 1. The summed E-state index contributed by atoms with van der Waals surface area (Å²) in [6.07, 6.45) is 3.15. The third kappa shape index (κ3) is 3.44. The van der Waals surface area contributed by atoms with Crippen molar-refractivity contribution in [2.45, 2.75) is 33.4 Å². The number of nitrogens with zero attached hydrogens (tertiary/aromatic N) is 2. The van der Waals surface area contributed by atoms with Gasteiger partial charge in [0.15, 0.2) is 0 Å². The molecular formula is C19H28N2O2. The zero-order valence-electron chi connectivity index (χ0n) is 14.5. The second-order valence-electron chi connectivity index (χ2n) is 6.80. The maximum atomic E-state index is 9.34. The molecule has 0 amide bonds. The average Bonchev–Trinajstić information content (AvgIpc) is 3.06. The van der Waals surface area contributed by atoms with Crippen LogP contribution in [-0.2, 0) is 31.3 Å². The van der Waals surface area contributed by atoms with E-state index in [0.717, 1.165) is 39.3 Å². The maximum Gasteiger partial charge on any atom is 0.0593 e. The molecule has 126 valence electrons. The second kappa shape index (κ2) is 7.04. The predicted octanol–water partition coefficient (Wildman–Crippen LogP) is 2.70. The lowest BCUT2D eigenvalue weighted by atomic mass is 9.99. The monoisotopic (exact) mass is 316 g/mol. The van der Waals surface area contributed by atoms with Gasteiger partial charge in [-0.25, -0.2) is 0 Å². The van der Waals surface area contributed by atoms with Gasteiger partial charge in [-0.05, 0) is 48.1 Å². The summed E-state index contributed by atoms with van der Waals surface area (Å²) in [5.41, 5.74) is 5.53. The highest BCUT2D eigenvalue weighted by atomic mass is 16.5.